The smallest absolute Gasteiger partial charge is 0.0490 e. The third kappa shape index (κ3) is 2.43. The average molecular weight is 311 g/mol. The van der Waals surface area contributed by atoms with Gasteiger partial charge in [0.1, 0.15) is 0 Å². The Hall–Kier alpha value is -2.80. The number of nitrogens with zero attached hydrogens (tertiary/aromatic N) is 1. The Balaban J connectivity index is 1.95. The summed E-state index contributed by atoms with van der Waals surface area (Å²) in [5.74, 6) is 0. The maximum absolute atomic E-state index is 2.44. The van der Waals surface area contributed by atoms with Gasteiger partial charge in [-0.15, -0.1) is 0 Å². The Morgan fingerprint density at radius 1 is 0.583 bits per heavy atom. The molecule has 0 bridgehead atoms. The number of para-hydroxylation sites is 2. The first-order valence-electron chi connectivity index (χ1n) is 8.43. The third-order valence-electron chi connectivity index (χ3n) is 4.94. The molecule has 0 amide bonds. The van der Waals surface area contributed by atoms with Crippen molar-refractivity contribution in [3.63, 3.8) is 0 Å². The van der Waals surface area contributed by atoms with E-state index in [-0.39, 0.29) is 0 Å². The molecule has 24 heavy (non-hydrogen) atoms. The summed E-state index contributed by atoms with van der Waals surface area (Å²) < 4.78 is 0. The Kier molecular flexibility index (Phi) is 3.70. The second-order valence-corrected chi connectivity index (χ2v) is 6.36. The van der Waals surface area contributed by atoms with Crippen molar-refractivity contribution in [2.24, 2.45) is 0 Å². The van der Waals surface area contributed by atoms with Crippen molar-refractivity contribution < 1.29 is 0 Å². The van der Waals surface area contributed by atoms with Crippen LogP contribution in [0.5, 0.6) is 0 Å². The van der Waals surface area contributed by atoms with E-state index in [1.807, 2.05) is 0 Å². The van der Waals surface area contributed by atoms with Gasteiger partial charge in [0, 0.05) is 29.0 Å². The molecule has 118 valence electrons. The molecular formula is C23H21N. The van der Waals surface area contributed by atoms with Crippen molar-refractivity contribution >= 4 is 22.5 Å². The SMILES string of the molecule is CC1=C(C)c2ccccc2N(Cc2ccccc2)c2ccccc21. The summed E-state index contributed by atoms with van der Waals surface area (Å²) >= 11 is 0. The molecule has 3 aromatic carbocycles. The second kappa shape index (κ2) is 6.01. The summed E-state index contributed by atoms with van der Waals surface area (Å²) in [7, 11) is 0. The lowest BCUT2D eigenvalue weighted by Crippen LogP contribution is -2.17. The molecule has 0 saturated carbocycles. The quantitative estimate of drug-likeness (QED) is 0.537. The molecule has 0 spiro atoms. The molecular weight excluding hydrogens is 290 g/mol. The number of allylic oxidation sites excluding steroid dienone is 2. The number of anilines is 2. The zero-order valence-corrected chi connectivity index (χ0v) is 14.2. The summed E-state index contributed by atoms with van der Waals surface area (Å²) in [5.41, 5.74) is 9.23. The fourth-order valence-corrected chi connectivity index (χ4v) is 3.52. The van der Waals surface area contributed by atoms with Crippen molar-refractivity contribution in [3.05, 3.63) is 95.6 Å². The van der Waals surface area contributed by atoms with Crippen molar-refractivity contribution in [1.29, 1.82) is 0 Å². The van der Waals surface area contributed by atoms with E-state index in [0.717, 1.165) is 6.54 Å². The molecule has 0 aromatic heterocycles. The molecule has 0 radical (unpaired) electrons. The van der Waals surface area contributed by atoms with Gasteiger partial charge in [0.25, 0.3) is 0 Å². The molecule has 0 saturated heterocycles. The van der Waals surface area contributed by atoms with E-state index in [4.69, 9.17) is 0 Å². The molecule has 0 fully saturated rings. The lowest BCUT2D eigenvalue weighted by atomic mass is 9.97. The van der Waals surface area contributed by atoms with E-state index < -0.39 is 0 Å². The first-order valence-corrected chi connectivity index (χ1v) is 8.43. The van der Waals surface area contributed by atoms with Gasteiger partial charge in [-0.3, -0.25) is 0 Å². The number of benzene rings is 3. The molecule has 0 unspecified atom stereocenters. The van der Waals surface area contributed by atoms with Crippen LogP contribution in [0.25, 0.3) is 11.1 Å². The van der Waals surface area contributed by atoms with Gasteiger partial charge in [-0.25, -0.2) is 0 Å². The van der Waals surface area contributed by atoms with Gasteiger partial charge in [-0.1, -0.05) is 66.7 Å². The molecule has 1 aliphatic heterocycles. The highest BCUT2D eigenvalue weighted by Crippen LogP contribution is 2.43. The Morgan fingerprint density at radius 3 is 1.58 bits per heavy atom. The van der Waals surface area contributed by atoms with Crippen LogP contribution in [0.1, 0.15) is 30.5 Å². The zero-order valence-electron chi connectivity index (χ0n) is 14.2. The number of fused-ring (bicyclic) bond motifs is 2. The normalized spacial score (nSPS) is 13.3. The Bertz CT molecular complexity index is 851. The van der Waals surface area contributed by atoms with Crippen LogP contribution < -0.4 is 4.90 Å². The van der Waals surface area contributed by atoms with Crippen LogP contribution in [0.2, 0.25) is 0 Å². The number of hydrogen-bond acceptors (Lipinski definition) is 1. The minimum absolute atomic E-state index is 0.870. The van der Waals surface area contributed by atoms with Crippen LogP contribution in [0.15, 0.2) is 78.9 Å². The molecule has 1 heterocycles. The molecule has 4 rings (SSSR count). The van der Waals surface area contributed by atoms with Crippen molar-refractivity contribution in [2.45, 2.75) is 20.4 Å². The second-order valence-electron chi connectivity index (χ2n) is 6.36. The van der Waals surface area contributed by atoms with Crippen LogP contribution in [0.4, 0.5) is 11.4 Å². The first-order chi connectivity index (χ1) is 11.8. The molecule has 0 atom stereocenters. The molecule has 1 heteroatoms. The topological polar surface area (TPSA) is 3.24 Å². The molecule has 1 nitrogen and oxygen atoms in total. The van der Waals surface area contributed by atoms with Crippen molar-refractivity contribution in [2.75, 3.05) is 4.90 Å². The van der Waals surface area contributed by atoms with Crippen LogP contribution in [0.3, 0.4) is 0 Å². The van der Waals surface area contributed by atoms with Gasteiger partial charge < -0.3 is 4.90 Å². The van der Waals surface area contributed by atoms with Gasteiger partial charge in [-0.2, -0.15) is 0 Å². The van der Waals surface area contributed by atoms with Gasteiger partial charge in [-0.05, 0) is 42.7 Å². The highest BCUT2D eigenvalue weighted by Gasteiger charge is 2.22. The van der Waals surface area contributed by atoms with E-state index in [9.17, 15) is 0 Å². The third-order valence-corrected chi connectivity index (χ3v) is 4.94. The number of hydrogen-bond donors (Lipinski definition) is 0. The highest BCUT2D eigenvalue weighted by atomic mass is 15.1. The summed E-state index contributed by atoms with van der Waals surface area (Å²) in [4.78, 5) is 2.44. The van der Waals surface area contributed by atoms with E-state index in [0.29, 0.717) is 0 Å². The zero-order chi connectivity index (χ0) is 16.5. The van der Waals surface area contributed by atoms with Crippen LogP contribution in [-0.2, 0) is 6.54 Å². The summed E-state index contributed by atoms with van der Waals surface area (Å²) in [6.45, 7) is 5.34. The predicted octanol–water partition coefficient (Wildman–Crippen LogP) is 6.29. The molecule has 0 N–H and O–H groups in total. The highest BCUT2D eigenvalue weighted by molar-refractivity contribution is 5.99. The number of rotatable bonds is 2. The molecule has 0 aliphatic carbocycles. The standard InChI is InChI=1S/C23H21N/c1-17-18(2)21-13-7-9-15-23(21)24(16-19-10-4-3-5-11-19)22-14-8-6-12-20(17)22/h3-15H,16H2,1-2H3. The Morgan fingerprint density at radius 2 is 1.04 bits per heavy atom. The summed E-state index contributed by atoms with van der Waals surface area (Å²) in [6.07, 6.45) is 0. The van der Waals surface area contributed by atoms with Crippen molar-refractivity contribution in [3.8, 4) is 0 Å². The summed E-state index contributed by atoms with van der Waals surface area (Å²) in [5, 5.41) is 0. The van der Waals surface area contributed by atoms with Gasteiger partial charge >= 0.3 is 0 Å². The van der Waals surface area contributed by atoms with Crippen molar-refractivity contribution in [1.82, 2.24) is 0 Å². The van der Waals surface area contributed by atoms with Crippen LogP contribution >= 0.6 is 0 Å². The van der Waals surface area contributed by atoms with Crippen LogP contribution in [-0.4, -0.2) is 0 Å². The first kappa shape index (κ1) is 14.8. The minimum Gasteiger partial charge on any atom is -0.336 e. The van der Waals surface area contributed by atoms with E-state index in [1.54, 1.807) is 0 Å². The van der Waals surface area contributed by atoms with Gasteiger partial charge in [0.05, 0.1) is 0 Å². The van der Waals surface area contributed by atoms with Crippen LogP contribution in [0, 0.1) is 0 Å². The van der Waals surface area contributed by atoms with E-state index in [2.05, 4.69) is 97.6 Å². The van der Waals surface area contributed by atoms with Gasteiger partial charge in [0.15, 0.2) is 0 Å². The molecule has 3 aromatic rings. The maximum Gasteiger partial charge on any atom is 0.0490 e. The predicted molar refractivity (Wildman–Crippen MR) is 103 cm³/mol. The van der Waals surface area contributed by atoms with E-state index in [1.165, 1.54) is 39.2 Å². The fraction of sp³-hybridized carbons (Fsp3) is 0.130. The monoisotopic (exact) mass is 311 g/mol. The maximum atomic E-state index is 2.44. The lowest BCUT2D eigenvalue weighted by Gasteiger charge is -2.27. The average Bonchev–Trinajstić information content (AvgIpc) is 2.73. The minimum atomic E-state index is 0.870. The fourth-order valence-electron chi connectivity index (χ4n) is 3.52. The summed E-state index contributed by atoms with van der Waals surface area (Å²) in [6, 6.07) is 28.2. The molecule has 1 aliphatic rings. The lowest BCUT2D eigenvalue weighted by molar-refractivity contribution is 0.973. The Labute approximate surface area is 143 Å². The largest absolute Gasteiger partial charge is 0.336 e. The van der Waals surface area contributed by atoms with Gasteiger partial charge in [0.2, 0.25) is 0 Å². The van der Waals surface area contributed by atoms with E-state index >= 15 is 0 Å².